The third-order valence-corrected chi connectivity index (χ3v) is 2.34. The summed E-state index contributed by atoms with van der Waals surface area (Å²) in [5, 5.41) is 0.882. The second kappa shape index (κ2) is 4.26. The highest BCUT2D eigenvalue weighted by Gasteiger charge is 2.12. The molecule has 2 aromatic rings. The van der Waals surface area contributed by atoms with E-state index in [9.17, 15) is 4.79 Å². The van der Waals surface area contributed by atoms with Crippen molar-refractivity contribution >= 4 is 16.9 Å². The van der Waals surface area contributed by atoms with Gasteiger partial charge in [-0.25, -0.2) is 4.79 Å². The van der Waals surface area contributed by atoms with Crippen molar-refractivity contribution in [2.45, 2.75) is 6.92 Å². The molecule has 4 nitrogen and oxygen atoms in total. The van der Waals surface area contributed by atoms with E-state index in [-0.39, 0.29) is 5.97 Å². The first-order valence-electron chi connectivity index (χ1n) is 5.09. The van der Waals surface area contributed by atoms with Crippen molar-refractivity contribution in [3.8, 4) is 5.75 Å². The molecule has 4 heteroatoms. The number of benzene rings is 1. The first-order valence-corrected chi connectivity index (χ1v) is 5.09. The number of ether oxygens (including phenoxy) is 2. The van der Waals surface area contributed by atoms with E-state index in [1.807, 2.05) is 18.2 Å². The van der Waals surface area contributed by atoms with Gasteiger partial charge >= 0.3 is 5.97 Å². The number of methoxy groups -OCH3 is 1. The highest BCUT2D eigenvalue weighted by molar-refractivity contribution is 5.97. The number of esters is 1. The Hall–Kier alpha value is -1.97. The molecule has 0 atom stereocenters. The fraction of sp³-hybridized carbons (Fsp3) is 0.250. The summed E-state index contributed by atoms with van der Waals surface area (Å²) >= 11 is 0. The van der Waals surface area contributed by atoms with Gasteiger partial charge < -0.3 is 14.5 Å². The molecule has 0 radical (unpaired) electrons. The molecule has 0 amide bonds. The summed E-state index contributed by atoms with van der Waals surface area (Å²) in [4.78, 5) is 14.5. The molecular weight excluding hydrogens is 206 g/mol. The molecule has 0 aliphatic rings. The Bertz CT molecular complexity index is 516. The Morgan fingerprint density at radius 2 is 2.25 bits per heavy atom. The monoisotopic (exact) mass is 219 g/mol. The van der Waals surface area contributed by atoms with Crippen molar-refractivity contribution in [1.82, 2.24) is 4.98 Å². The number of nitrogens with one attached hydrogen (secondary N) is 1. The van der Waals surface area contributed by atoms with Gasteiger partial charge in [0, 0.05) is 10.9 Å². The lowest BCUT2D eigenvalue weighted by molar-refractivity contribution is 0.0520. The van der Waals surface area contributed by atoms with Crippen molar-refractivity contribution in [3.05, 3.63) is 30.0 Å². The maximum atomic E-state index is 11.5. The highest BCUT2D eigenvalue weighted by Crippen LogP contribution is 2.26. The predicted octanol–water partition coefficient (Wildman–Crippen LogP) is 2.35. The summed E-state index contributed by atoms with van der Waals surface area (Å²) in [6, 6.07) is 7.35. The van der Waals surface area contributed by atoms with Crippen LogP contribution in [0.2, 0.25) is 0 Å². The molecule has 1 heterocycles. The molecule has 0 unspecified atom stereocenters. The minimum Gasteiger partial charge on any atom is -0.496 e. The maximum absolute atomic E-state index is 11.5. The number of carbonyl (C=O) groups excluding carboxylic acids is 1. The second-order valence-electron chi connectivity index (χ2n) is 3.32. The summed E-state index contributed by atoms with van der Waals surface area (Å²) in [7, 11) is 1.60. The van der Waals surface area contributed by atoms with Gasteiger partial charge in [0.15, 0.2) is 0 Å². The Kier molecular flexibility index (Phi) is 2.81. The summed E-state index contributed by atoms with van der Waals surface area (Å²) in [6.07, 6.45) is 0. The van der Waals surface area contributed by atoms with Crippen LogP contribution in [-0.4, -0.2) is 24.7 Å². The van der Waals surface area contributed by atoms with E-state index in [0.717, 1.165) is 16.7 Å². The van der Waals surface area contributed by atoms with E-state index in [1.165, 1.54) is 0 Å². The van der Waals surface area contributed by atoms with Crippen molar-refractivity contribution < 1.29 is 14.3 Å². The third kappa shape index (κ3) is 1.74. The molecule has 1 N–H and O–H groups in total. The predicted molar refractivity (Wildman–Crippen MR) is 60.8 cm³/mol. The zero-order valence-corrected chi connectivity index (χ0v) is 9.24. The second-order valence-corrected chi connectivity index (χ2v) is 3.32. The van der Waals surface area contributed by atoms with Gasteiger partial charge in [-0.3, -0.25) is 0 Å². The van der Waals surface area contributed by atoms with Crippen molar-refractivity contribution in [1.29, 1.82) is 0 Å². The largest absolute Gasteiger partial charge is 0.496 e. The van der Waals surface area contributed by atoms with Crippen LogP contribution in [0, 0.1) is 0 Å². The maximum Gasteiger partial charge on any atom is 0.354 e. The number of hydrogen-bond donors (Lipinski definition) is 1. The van der Waals surface area contributed by atoms with Gasteiger partial charge in [0.05, 0.1) is 13.7 Å². The zero-order chi connectivity index (χ0) is 11.5. The fourth-order valence-corrected chi connectivity index (χ4v) is 1.62. The van der Waals surface area contributed by atoms with Crippen LogP contribution >= 0.6 is 0 Å². The van der Waals surface area contributed by atoms with Gasteiger partial charge in [-0.05, 0) is 25.1 Å². The van der Waals surface area contributed by atoms with Crippen LogP contribution in [0.4, 0.5) is 0 Å². The first kappa shape index (κ1) is 10.5. The van der Waals surface area contributed by atoms with Crippen LogP contribution in [0.1, 0.15) is 17.4 Å². The van der Waals surface area contributed by atoms with Gasteiger partial charge in [-0.15, -0.1) is 0 Å². The number of aromatic nitrogens is 1. The highest BCUT2D eigenvalue weighted by atomic mass is 16.5. The number of aromatic amines is 1. The van der Waals surface area contributed by atoms with Gasteiger partial charge in [0.1, 0.15) is 11.4 Å². The van der Waals surface area contributed by atoms with Crippen LogP contribution < -0.4 is 4.74 Å². The van der Waals surface area contributed by atoms with E-state index in [0.29, 0.717) is 12.3 Å². The number of carbonyl (C=O) groups is 1. The normalized spacial score (nSPS) is 10.4. The van der Waals surface area contributed by atoms with Crippen molar-refractivity contribution in [2.24, 2.45) is 0 Å². The summed E-state index contributed by atoms with van der Waals surface area (Å²) in [6.45, 7) is 2.15. The fourth-order valence-electron chi connectivity index (χ4n) is 1.62. The number of fused-ring (bicyclic) bond motifs is 1. The molecule has 0 aliphatic carbocycles. The zero-order valence-electron chi connectivity index (χ0n) is 9.24. The van der Waals surface area contributed by atoms with Crippen LogP contribution in [0.3, 0.4) is 0 Å². The third-order valence-electron chi connectivity index (χ3n) is 2.34. The smallest absolute Gasteiger partial charge is 0.354 e. The van der Waals surface area contributed by atoms with Gasteiger partial charge in [-0.2, -0.15) is 0 Å². The number of rotatable bonds is 3. The van der Waals surface area contributed by atoms with Crippen LogP contribution in [-0.2, 0) is 4.74 Å². The van der Waals surface area contributed by atoms with Crippen LogP contribution in [0.25, 0.3) is 10.9 Å². The minimum absolute atomic E-state index is 0.347. The molecule has 2 rings (SSSR count). The van der Waals surface area contributed by atoms with E-state index < -0.39 is 0 Å². The summed E-state index contributed by atoms with van der Waals surface area (Å²) < 4.78 is 10.1. The van der Waals surface area contributed by atoms with Gasteiger partial charge in [-0.1, -0.05) is 6.07 Å². The Labute approximate surface area is 93.2 Å². The standard InChI is InChI=1S/C12H13NO3/c1-3-16-12(14)10-7-8-9(13-10)5-4-6-11(8)15-2/h4-7,13H,3H2,1-2H3. The molecular formula is C12H13NO3. The number of H-pyrrole nitrogens is 1. The molecule has 0 bridgehead atoms. The quantitative estimate of drug-likeness (QED) is 0.806. The van der Waals surface area contributed by atoms with Gasteiger partial charge in [0.2, 0.25) is 0 Å². The van der Waals surface area contributed by atoms with Crippen molar-refractivity contribution in [2.75, 3.05) is 13.7 Å². The molecule has 0 aliphatic heterocycles. The van der Waals surface area contributed by atoms with Crippen LogP contribution in [0.5, 0.6) is 5.75 Å². The molecule has 0 spiro atoms. The Balaban J connectivity index is 2.47. The van der Waals surface area contributed by atoms with E-state index in [1.54, 1.807) is 20.1 Å². The average Bonchev–Trinajstić information content (AvgIpc) is 2.72. The summed E-state index contributed by atoms with van der Waals surface area (Å²) in [5.74, 6) is 0.394. The van der Waals surface area contributed by atoms with E-state index >= 15 is 0 Å². The molecule has 1 aromatic heterocycles. The molecule has 0 saturated heterocycles. The average molecular weight is 219 g/mol. The molecule has 84 valence electrons. The Morgan fingerprint density at radius 1 is 1.44 bits per heavy atom. The lowest BCUT2D eigenvalue weighted by atomic mass is 10.2. The molecule has 0 fully saturated rings. The molecule has 0 saturated carbocycles. The minimum atomic E-state index is -0.347. The first-order chi connectivity index (χ1) is 7.76. The Morgan fingerprint density at radius 3 is 2.94 bits per heavy atom. The molecule has 16 heavy (non-hydrogen) atoms. The lowest BCUT2D eigenvalue weighted by Crippen LogP contribution is -2.04. The molecule has 1 aromatic carbocycles. The lowest BCUT2D eigenvalue weighted by Gasteiger charge is -1.99. The van der Waals surface area contributed by atoms with Gasteiger partial charge in [0.25, 0.3) is 0 Å². The topological polar surface area (TPSA) is 51.3 Å². The summed E-state index contributed by atoms with van der Waals surface area (Å²) in [5.41, 5.74) is 1.31. The van der Waals surface area contributed by atoms with Crippen LogP contribution in [0.15, 0.2) is 24.3 Å². The van der Waals surface area contributed by atoms with E-state index in [2.05, 4.69) is 4.98 Å². The van der Waals surface area contributed by atoms with E-state index in [4.69, 9.17) is 9.47 Å². The number of hydrogen-bond acceptors (Lipinski definition) is 3. The van der Waals surface area contributed by atoms with Crippen molar-refractivity contribution in [3.63, 3.8) is 0 Å². The SMILES string of the molecule is CCOC(=O)c1cc2c(OC)cccc2[nH]1.